The lowest BCUT2D eigenvalue weighted by atomic mass is 9.81. The molecule has 0 amide bonds. The fourth-order valence-electron chi connectivity index (χ4n) is 3.30. The largest absolute Gasteiger partial charge is 0.492 e. The van der Waals surface area contributed by atoms with Crippen molar-refractivity contribution in [2.75, 3.05) is 27.2 Å². The second-order valence-corrected chi connectivity index (χ2v) is 8.09. The van der Waals surface area contributed by atoms with Crippen molar-refractivity contribution in [1.82, 2.24) is 4.90 Å². The van der Waals surface area contributed by atoms with E-state index in [1.807, 2.05) is 57.4 Å². The average molecular weight is 380 g/mol. The molecule has 0 spiro atoms. The molecule has 2 rings (SSSR count). The van der Waals surface area contributed by atoms with Crippen molar-refractivity contribution in [3.63, 3.8) is 0 Å². The zero-order chi connectivity index (χ0) is 20.7. The van der Waals surface area contributed by atoms with Crippen LogP contribution in [-0.2, 0) is 0 Å². The normalized spacial score (nSPS) is 12.2. The van der Waals surface area contributed by atoms with Gasteiger partial charge in [-0.25, -0.2) is 0 Å². The van der Waals surface area contributed by atoms with E-state index in [9.17, 15) is 4.79 Å². The van der Waals surface area contributed by atoms with Gasteiger partial charge in [0, 0.05) is 18.0 Å². The highest BCUT2D eigenvalue weighted by Gasteiger charge is 2.25. The molecular formula is C25H33NO2. The van der Waals surface area contributed by atoms with Crippen molar-refractivity contribution in [2.45, 2.75) is 33.1 Å². The van der Waals surface area contributed by atoms with Gasteiger partial charge >= 0.3 is 0 Å². The zero-order valence-electron chi connectivity index (χ0n) is 17.9. The standard InChI is InChI=1S/C25H33NO2/c1-18(2)17-24(23-10-8-7-9-22(23)19(3)4)25(27)20-11-13-21(14-12-20)28-16-15-26(5)6/h7-14,18,24H,3,15-17H2,1-2,4-6H3. The van der Waals surface area contributed by atoms with E-state index in [-0.39, 0.29) is 11.7 Å². The van der Waals surface area contributed by atoms with E-state index in [1.165, 1.54) is 0 Å². The van der Waals surface area contributed by atoms with Gasteiger partial charge in [-0.05, 0) is 68.8 Å². The molecule has 1 unspecified atom stereocenters. The van der Waals surface area contributed by atoms with Crippen LogP contribution in [0.2, 0.25) is 0 Å². The highest BCUT2D eigenvalue weighted by atomic mass is 16.5. The Morgan fingerprint density at radius 1 is 1.07 bits per heavy atom. The molecule has 3 heteroatoms. The van der Waals surface area contributed by atoms with Crippen molar-refractivity contribution in [3.05, 3.63) is 71.8 Å². The molecule has 0 aliphatic heterocycles. The zero-order valence-corrected chi connectivity index (χ0v) is 17.9. The number of likely N-dealkylation sites (N-methyl/N-ethyl adjacent to an activating group) is 1. The Balaban J connectivity index is 2.25. The minimum Gasteiger partial charge on any atom is -0.492 e. The molecule has 0 heterocycles. The summed E-state index contributed by atoms with van der Waals surface area (Å²) in [7, 11) is 4.03. The second kappa shape index (κ2) is 10.2. The third-order valence-corrected chi connectivity index (χ3v) is 4.77. The molecule has 2 aromatic carbocycles. The highest BCUT2D eigenvalue weighted by Crippen LogP contribution is 2.33. The minimum absolute atomic E-state index is 0.155. The van der Waals surface area contributed by atoms with Crippen molar-refractivity contribution in [2.24, 2.45) is 5.92 Å². The monoisotopic (exact) mass is 379 g/mol. The Morgan fingerprint density at radius 3 is 2.29 bits per heavy atom. The molecule has 0 aliphatic rings. The fourth-order valence-corrected chi connectivity index (χ4v) is 3.30. The molecule has 1 atom stereocenters. The van der Waals surface area contributed by atoms with E-state index in [1.54, 1.807) is 0 Å². The number of allylic oxidation sites excluding steroid dienone is 1. The molecule has 28 heavy (non-hydrogen) atoms. The number of ketones is 1. The highest BCUT2D eigenvalue weighted by molar-refractivity contribution is 6.01. The van der Waals surface area contributed by atoms with Crippen molar-refractivity contribution < 1.29 is 9.53 Å². The lowest BCUT2D eigenvalue weighted by molar-refractivity contribution is 0.0948. The van der Waals surface area contributed by atoms with E-state index >= 15 is 0 Å². The second-order valence-electron chi connectivity index (χ2n) is 8.09. The Hall–Kier alpha value is -2.39. The molecule has 0 aromatic heterocycles. The minimum atomic E-state index is -0.173. The molecule has 150 valence electrons. The summed E-state index contributed by atoms with van der Waals surface area (Å²) in [5.74, 6) is 1.19. The first-order valence-electron chi connectivity index (χ1n) is 9.96. The van der Waals surface area contributed by atoms with Gasteiger partial charge in [-0.15, -0.1) is 0 Å². The maximum absolute atomic E-state index is 13.4. The van der Waals surface area contributed by atoms with Crippen LogP contribution in [0, 0.1) is 5.92 Å². The van der Waals surface area contributed by atoms with Crippen LogP contribution in [0.5, 0.6) is 5.75 Å². The van der Waals surface area contributed by atoms with Crippen molar-refractivity contribution in [3.8, 4) is 5.75 Å². The quantitative estimate of drug-likeness (QED) is 0.498. The third-order valence-electron chi connectivity index (χ3n) is 4.77. The van der Waals surface area contributed by atoms with E-state index in [4.69, 9.17) is 4.74 Å². The van der Waals surface area contributed by atoms with E-state index in [2.05, 4.69) is 37.5 Å². The van der Waals surface area contributed by atoms with Gasteiger partial charge in [0.05, 0.1) is 0 Å². The van der Waals surface area contributed by atoms with Crippen molar-refractivity contribution in [1.29, 1.82) is 0 Å². The van der Waals surface area contributed by atoms with Crippen LogP contribution in [0.25, 0.3) is 5.57 Å². The number of benzene rings is 2. The SMILES string of the molecule is C=C(C)c1ccccc1C(CC(C)C)C(=O)c1ccc(OCCN(C)C)cc1. The summed E-state index contributed by atoms with van der Waals surface area (Å²) in [6, 6.07) is 15.7. The first kappa shape index (κ1) is 21.9. The van der Waals surface area contributed by atoms with Gasteiger partial charge in [0.1, 0.15) is 12.4 Å². The summed E-state index contributed by atoms with van der Waals surface area (Å²) >= 11 is 0. The molecule has 2 aromatic rings. The number of hydrogen-bond donors (Lipinski definition) is 0. The summed E-state index contributed by atoms with van der Waals surface area (Å²) in [6.45, 7) is 11.9. The molecule has 0 saturated carbocycles. The number of carbonyl (C=O) groups excluding carboxylic acids is 1. The fraction of sp³-hybridized carbons (Fsp3) is 0.400. The Labute approximate surface area is 170 Å². The lowest BCUT2D eigenvalue weighted by Gasteiger charge is -2.22. The predicted molar refractivity (Wildman–Crippen MR) is 118 cm³/mol. The summed E-state index contributed by atoms with van der Waals surface area (Å²) in [5, 5.41) is 0. The van der Waals surface area contributed by atoms with Gasteiger partial charge in [0.25, 0.3) is 0 Å². The number of carbonyl (C=O) groups is 1. The van der Waals surface area contributed by atoms with Crippen LogP contribution in [0.1, 0.15) is 54.6 Å². The summed E-state index contributed by atoms with van der Waals surface area (Å²) in [4.78, 5) is 15.5. The van der Waals surface area contributed by atoms with Crippen molar-refractivity contribution >= 4 is 11.4 Å². The molecule has 0 saturated heterocycles. The van der Waals surface area contributed by atoms with Crippen LogP contribution >= 0.6 is 0 Å². The molecule has 3 nitrogen and oxygen atoms in total. The number of nitrogens with zero attached hydrogens (tertiary/aromatic N) is 1. The van der Waals surface area contributed by atoms with Crippen LogP contribution in [0.15, 0.2) is 55.1 Å². The van der Waals surface area contributed by atoms with Gasteiger partial charge in [-0.1, -0.05) is 50.3 Å². The number of Topliss-reactive ketones (excluding diaryl/α,β-unsaturated/α-hetero) is 1. The molecular weight excluding hydrogens is 346 g/mol. The topological polar surface area (TPSA) is 29.5 Å². The number of hydrogen-bond acceptors (Lipinski definition) is 3. The molecule has 0 fully saturated rings. The van der Waals surface area contributed by atoms with E-state index in [0.717, 1.165) is 41.0 Å². The van der Waals surface area contributed by atoms with Gasteiger partial charge in [-0.2, -0.15) is 0 Å². The lowest BCUT2D eigenvalue weighted by Crippen LogP contribution is -2.19. The van der Waals surface area contributed by atoms with Gasteiger partial charge in [0.2, 0.25) is 0 Å². The maximum Gasteiger partial charge on any atom is 0.170 e. The maximum atomic E-state index is 13.4. The Bertz CT molecular complexity index is 790. The number of rotatable bonds is 10. The average Bonchev–Trinajstić information content (AvgIpc) is 2.65. The third kappa shape index (κ3) is 6.07. The van der Waals surface area contributed by atoms with Gasteiger partial charge in [0.15, 0.2) is 5.78 Å². The van der Waals surface area contributed by atoms with E-state index < -0.39 is 0 Å². The molecule has 0 N–H and O–H groups in total. The molecule has 0 radical (unpaired) electrons. The summed E-state index contributed by atoms with van der Waals surface area (Å²) < 4.78 is 5.75. The van der Waals surface area contributed by atoms with E-state index in [0.29, 0.717) is 12.5 Å². The van der Waals surface area contributed by atoms with Crippen LogP contribution in [-0.4, -0.2) is 37.9 Å². The molecule has 0 aliphatic carbocycles. The van der Waals surface area contributed by atoms with Gasteiger partial charge < -0.3 is 9.64 Å². The summed E-state index contributed by atoms with van der Waals surface area (Å²) in [6.07, 6.45) is 0.810. The van der Waals surface area contributed by atoms with Crippen LogP contribution in [0.3, 0.4) is 0 Å². The Morgan fingerprint density at radius 2 is 1.71 bits per heavy atom. The van der Waals surface area contributed by atoms with Crippen LogP contribution < -0.4 is 4.74 Å². The first-order chi connectivity index (χ1) is 13.3. The predicted octanol–water partition coefficient (Wildman–Crippen LogP) is 5.67. The number of ether oxygens (including phenoxy) is 1. The smallest absolute Gasteiger partial charge is 0.170 e. The molecule has 0 bridgehead atoms. The first-order valence-corrected chi connectivity index (χ1v) is 9.96. The summed E-state index contributed by atoms with van der Waals surface area (Å²) in [5.41, 5.74) is 3.86. The van der Waals surface area contributed by atoms with Gasteiger partial charge in [-0.3, -0.25) is 4.79 Å². The Kier molecular flexibility index (Phi) is 8.01. The van der Waals surface area contributed by atoms with Crippen LogP contribution in [0.4, 0.5) is 0 Å².